The second kappa shape index (κ2) is 7.38. The Morgan fingerprint density at radius 1 is 1.52 bits per heavy atom. The molecule has 6 heteroatoms. The van der Waals surface area contributed by atoms with Crippen molar-refractivity contribution in [1.82, 2.24) is 10.2 Å². The Bertz CT molecular complexity index is 496. The van der Waals surface area contributed by atoms with Crippen molar-refractivity contribution in [3.63, 3.8) is 0 Å². The Labute approximate surface area is 124 Å². The first-order valence-electron chi connectivity index (χ1n) is 7.09. The highest BCUT2D eigenvalue weighted by Gasteiger charge is 2.30. The van der Waals surface area contributed by atoms with Gasteiger partial charge >= 0.3 is 5.97 Å². The van der Waals surface area contributed by atoms with Crippen LogP contribution in [-0.4, -0.2) is 50.3 Å². The van der Waals surface area contributed by atoms with E-state index in [4.69, 9.17) is 9.47 Å². The van der Waals surface area contributed by atoms with Gasteiger partial charge in [0.1, 0.15) is 17.6 Å². The topological polar surface area (TPSA) is 50.8 Å². The lowest BCUT2D eigenvalue weighted by Crippen LogP contribution is -2.54. The highest BCUT2D eigenvalue weighted by molar-refractivity contribution is 5.76. The van der Waals surface area contributed by atoms with Crippen molar-refractivity contribution in [2.75, 3.05) is 33.4 Å². The van der Waals surface area contributed by atoms with Crippen LogP contribution in [0, 0.1) is 5.82 Å². The predicted octanol–water partition coefficient (Wildman–Crippen LogP) is 1.17. The number of carbonyl (C=O) groups is 1. The van der Waals surface area contributed by atoms with Gasteiger partial charge in [0.2, 0.25) is 0 Å². The Morgan fingerprint density at radius 3 is 3.05 bits per heavy atom. The van der Waals surface area contributed by atoms with E-state index in [-0.39, 0.29) is 17.8 Å². The van der Waals surface area contributed by atoms with Gasteiger partial charge in [0.15, 0.2) is 0 Å². The fourth-order valence-corrected chi connectivity index (χ4v) is 2.50. The fourth-order valence-electron chi connectivity index (χ4n) is 2.50. The molecule has 1 atom stereocenters. The van der Waals surface area contributed by atoms with Gasteiger partial charge in [-0.3, -0.25) is 9.69 Å². The van der Waals surface area contributed by atoms with Crippen LogP contribution in [0.2, 0.25) is 0 Å². The summed E-state index contributed by atoms with van der Waals surface area (Å²) in [5.74, 6) is 0.0613. The van der Waals surface area contributed by atoms with Crippen LogP contribution in [0.5, 0.6) is 5.75 Å². The summed E-state index contributed by atoms with van der Waals surface area (Å²) in [4.78, 5) is 14.0. The van der Waals surface area contributed by atoms with Gasteiger partial charge in [-0.2, -0.15) is 0 Å². The molecule has 1 heterocycles. The summed E-state index contributed by atoms with van der Waals surface area (Å²) in [5.41, 5.74) is 0.730. The number of halogens is 1. The maximum absolute atomic E-state index is 13.4. The Hall–Kier alpha value is -1.66. The highest BCUT2D eigenvalue weighted by atomic mass is 19.1. The van der Waals surface area contributed by atoms with E-state index < -0.39 is 0 Å². The van der Waals surface area contributed by atoms with Gasteiger partial charge < -0.3 is 14.8 Å². The highest BCUT2D eigenvalue weighted by Crippen LogP contribution is 2.22. The van der Waals surface area contributed by atoms with E-state index in [1.807, 2.05) is 4.90 Å². The lowest BCUT2D eigenvalue weighted by Gasteiger charge is -2.34. The number of hydrogen-bond acceptors (Lipinski definition) is 5. The van der Waals surface area contributed by atoms with Crippen molar-refractivity contribution in [1.29, 1.82) is 0 Å². The number of esters is 1. The van der Waals surface area contributed by atoms with Crippen molar-refractivity contribution in [2.24, 2.45) is 0 Å². The van der Waals surface area contributed by atoms with Crippen LogP contribution in [0.1, 0.15) is 12.5 Å². The van der Waals surface area contributed by atoms with Crippen molar-refractivity contribution >= 4 is 5.97 Å². The molecule has 1 aromatic carbocycles. The molecule has 1 aromatic rings. The molecule has 2 rings (SSSR count). The maximum Gasteiger partial charge on any atom is 0.324 e. The number of carbonyl (C=O) groups excluding carboxylic acids is 1. The number of nitrogens with one attached hydrogen (secondary N) is 1. The summed E-state index contributed by atoms with van der Waals surface area (Å²) in [6.07, 6.45) is 0. The lowest BCUT2D eigenvalue weighted by atomic mass is 10.1. The molecule has 1 fully saturated rings. The SMILES string of the molecule is CCOC(=O)C1CNCCN1Cc1cc(F)ccc1OC. The molecule has 0 amide bonds. The van der Waals surface area contributed by atoms with E-state index >= 15 is 0 Å². The van der Waals surface area contributed by atoms with Gasteiger partial charge in [-0.1, -0.05) is 0 Å². The van der Waals surface area contributed by atoms with Gasteiger partial charge in [-0.25, -0.2) is 4.39 Å². The molecule has 0 saturated carbocycles. The zero-order chi connectivity index (χ0) is 15.2. The molecule has 1 aliphatic rings. The van der Waals surface area contributed by atoms with Gasteiger partial charge in [0.05, 0.1) is 13.7 Å². The molecule has 0 bridgehead atoms. The first-order valence-corrected chi connectivity index (χ1v) is 7.09. The van der Waals surface area contributed by atoms with Crippen LogP contribution in [0.15, 0.2) is 18.2 Å². The average molecular weight is 296 g/mol. The van der Waals surface area contributed by atoms with E-state index in [2.05, 4.69) is 5.32 Å². The monoisotopic (exact) mass is 296 g/mol. The quantitative estimate of drug-likeness (QED) is 0.827. The van der Waals surface area contributed by atoms with Gasteiger partial charge in [0, 0.05) is 31.7 Å². The number of nitrogens with zero attached hydrogens (tertiary/aromatic N) is 1. The third-order valence-corrected chi connectivity index (χ3v) is 3.53. The van der Waals surface area contributed by atoms with Crippen LogP contribution in [0.4, 0.5) is 4.39 Å². The smallest absolute Gasteiger partial charge is 0.324 e. The fraction of sp³-hybridized carbons (Fsp3) is 0.533. The van der Waals surface area contributed by atoms with Gasteiger partial charge in [0.25, 0.3) is 0 Å². The molecule has 0 aromatic heterocycles. The van der Waals surface area contributed by atoms with Crippen molar-refractivity contribution < 1.29 is 18.7 Å². The second-order valence-electron chi connectivity index (χ2n) is 4.90. The Kier molecular flexibility index (Phi) is 5.52. The minimum atomic E-state index is -0.355. The summed E-state index contributed by atoms with van der Waals surface area (Å²) < 4.78 is 23.8. The first kappa shape index (κ1) is 15.7. The Morgan fingerprint density at radius 2 is 2.33 bits per heavy atom. The lowest BCUT2D eigenvalue weighted by molar-refractivity contribution is -0.150. The van der Waals surface area contributed by atoms with E-state index in [1.54, 1.807) is 20.1 Å². The molecule has 1 saturated heterocycles. The van der Waals surface area contributed by atoms with Crippen LogP contribution in [-0.2, 0) is 16.1 Å². The van der Waals surface area contributed by atoms with Crippen LogP contribution in [0.3, 0.4) is 0 Å². The summed E-state index contributed by atoms with van der Waals surface area (Å²) in [6.45, 7) is 4.61. The van der Waals surface area contributed by atoms with Gasteiger partial charge in [-0.05, 0) is 25.1 Å². The predicted molar refractivity (Wildman–Crippen MR) is 76.7 cm³/mol. The summed E-state index contributed by atoms with van der Waals surface area (Å²) >= 11 is 0. The van der Waals surface area contributed by atoms with Crippen molar-refractivity contribution in [3.05, 3.63) is 29.6 Å². The Balaban J connectivity index is 2.15. The zero-order valence-corrected chi connectivity index (χ0v) is 12.4. The number of piperazine rings is 1. The molecule has 1 unspecified atom stereocenters. The second-order valence-corrected chi connectivity index (χ2v) is 4.90. The van der Waals surface area contributed by atoms with E-state index in [1.165, 1.54) is 12.1 Å². The van der Waals surface area contributed by atoms with Crippen LogP contribution >= 0.6 is 0 Å². The molecule has 0 radical (unpaired) electrons. The standard InChI is InChI=1S/C15H21FN2O3/c1-3-21-15(19)13-9-17-6-7-18(13)10-11-8-12(16)4-5-14(11)20-2/h4-5,8,13,17H,3,6-7,9-10H2,1-2H3. The molecular weight excluding hydrogens is 275 g/mol. The first-order chi connectivity index (χ1) is 10.2. The van der Waals surface area contributed by atoms with Gasteiger partial charge in [-0.15, -0.1) is 0 Å². The largest absolute Gasteiger partial charge is 0.496 e. The van der Waals surface area contributed by atoms with E-state index in [9.17, 15) is 9.18 Å². The minimum Gasteiger partial charge on any atom is -0.496 e. The molecule has 1 aliphatic heterocycles. The molecule has 0 aliphatic carbocycles. The number of methoxy groups -OCH3 is 1. The number of benzene rings is 1. The average Bonchev–Trinajstić information content (AvgIpc) is 2.48. The molecule has 1 N–H and O–H groups in total. The summed E-state index contributed by atoms with van der Waals surface area (Å²) in [7, 11) is 1.55. The van der Waals surface area contributed by atoms with E-state index in [0.717, 1.165) is 12.1 Å². The maximum atomic E-state index is 13.4. The van der Waals surface area contributed by atoms with Crippen LogP contribution in [0.25, 0.3) is 0 Å². The normalized spacial score (nSPS) is 19.3. The molecular formula is C15H21FN2O3. The number of ether oxygens (including phenoxy) is 2. The summed E-state index contributed by atoms with van der Waals surface area (Å²) in [5, 5.41) is 3.18. The van der Waals surface area contributed by atoms with Crippen molar-refractivity contribution in [3.8, 4) is 5.75 Å². The molecule has 116 valence electrons. The van der Waals surface area contributed by atoms with Crippen molar-refractivity contribution in [2.45, 2.75) is 19.5 Å². The molecule has 21 heavy (non-hydrogen) atoms. The summed E-state index contributed by atoms with van der Waals surface area (Å²) in [6, 6.07) is 4.06. The third-order valence-electron chi connectivity index (χ3n) is 3.53. The number of hydrogen-bond donors (Lipinski definition) is 1. The zero-order valence-electron chi connectivity index (χ0n) is 12.4. The van der Waals surface area contributed by atoms with E-state index in [0.29, 0.717) is 32.0 Å². The minimum absolute atomic E-state index is 0.250. The third kappa shape index (κ3) is 3.92. The molecule has 5 nitrogen and oxygen atoms in total. The number of rotatable bonds is 5. The molecule has 0 spiro atoms. The van der Waals surface area contributed by atoms with Crippen LogP contribution < -0.4 is 10.1 Å².